The number of carbonyl (C=O) groups excluding carboxylic acids is 2. The maximum Gasteiger partial charge on any atom is 0.336 e. The van der Waals surface area contributed by atoms with Crippen LogP contribution in [0.3, 0.4) is 0 Å². The van der Waals surface area contributed by atoms with Gasteiger partial charge in [0.1, 0.15) is 17.3 Å². The van der Waals surface area contributed by atoms with Gasteiger partial charge in [-0.15, -0.1) is 0 Å². The topological polar surface area (TPSA) is 73.9 Å². The smallest absolute Gasteiger partial charge is 0.336 e. The first-order chi connectivity index (χ1) is 16.7. The summed E-state index contributed by atoms with van der Waals surface area (Å²) in [4.78, 5) is 27.1. The minimum Gasteiger partial charge on any atom is -0.497 e. The van der Waals surface area contributed by atoms with Crippen molar-refractivity contribution >= 4 is 11.8 Å². The highest BCUT2D eigenvalue weighted by molar-refractivity contribution is 5.96. The Bertz CT molecular complexity index is 1180. The minimum atomic E-state index is -0.555. The Labute approximate surface area is 207 Å². The lowest BCUT2D eigenvalue weighted by atomic mass is 9.66. The lowest BCUT2D eigenvalue weighted by Crippen LogP contribution is -2.43. The Kier molecular flexibility index (Phi) is 7.01. The summed E-state index contributed by atoms with van der Waals surface area (Å²) in [6, 6.07) is 15.4. The molecule has 0 saturated carbocycles. The predicted octanol–water partition coefficient (Wildman–Crippen LogP) is 4.95. The lowest BCUT2D eigenvalue weighted by molar-refractivity contribution is -0.139. The largest absolute Gasteiger partial charge is 0.497 e. The zero-order valence-corrected chi connectivity index (χ0v) is 21.0. The molecule has 1 aliphatic heterocycles. The molecule has 2 aromatic carbocycles. The second-order valence-corrected chi connectivity index (χ2v) is 9.83. The minimum absolute atomic E-state index is 0.0805. The Hall–Kier alpha value is -3.54. The molecule has 0 amide bonds. The number of ketones is 1. The summed E-state index contributed by atoms with van der Waals surface area (Å²) < 4.78 is 16.9. The van der Waals surface area contributed by atoms with Gasteiger partial charge in [-0.2, -0.15) is 0 Å². The van der Waals surface area contributed by atoms with Gasteiger partial charge in [0.05, 0.1) is 32.3 Å². The summed E-state index contributed by atoms with van der Waals surface area (Å²) in [6.45, 7) is 6.19. The normalized spacial score (nSPS) is 20.9. The summed E-state index contributed by atoms with van der Waals surface area (Å²) in [5.74, 6) is -0.223. The molecule has 1 heterocycles. The number of allylic oxidation sites excluding steroid dienone is 3. The van der Waals surface area contributed by atoms with Crippen LogP contribution in [0.2, 0.25) is 0 Å². The molecule has 35 heavy (non-hydrogen) atoms. The Morgan fingerprint density at radius 1 is 1.06 bits per heavy atom. The molecule has 4 rings (SSSR count). The van der Waals surface area contributed by atoms with Crippen molar-refractivity contribution in [3.63, 3.8) is 0 Å². The number of ether oxygens (including phenoxy) is 3. The number of esters is 1. The van der Waals surface area contributed by atoms with E-state index in [1.54, 1.807) is 20.3 Å². The highest BCUT2D eigenvalue weighted by Crippen LogP contribution is 2.49. The van der Waals surface area contributed by atoms with E-state index in [0.717, 1.165) is 16.8 Å². The quantitative estimate of drug-likeness (QED) is 0.571. The number of nitrogens with one attached hydrogen (secondary N) is 1. The fourth-order valence-electron chi connectivity index (χ4n) is 5.14. The lowest BCUT2D eigenvalue weighted by Gasteiger charge is -2.41. The van der Waals surface area contributed by atoms with Crippen LogP contribution in [0.15, 0.2) is 71.6 Å². The third-order valence-corrected chi connectivity index (χ3v) is 6.70. The molecule has 0 bridgehead atoms. The number of Topliss-reactive ketones (excluding diaryl/α,β-unsaturated/α-hetero) is 1. The van der Waals surface area contributed by atoms with E-state index in [9.17, 15) is 9.59 Å². The van der Waals surface area contributed by atoms with Gasteiger partial charge in [0.25, 0.3) is 0 Å². The molecule has 0 saturated heterocycles. The summed E-state index contributed by atoms with van der Waals surface area (Å²) in [6.07, 6.45) is 3.11. The van der Waals surface area contributed by atoms with Gasteiger partial charge in [0.15, 0.2) is 0 Å². The number of fused-ring (bicyclic) bond motifs is 1. The predicted molar refractivity (Wildman–Crippen MR) is 134 cm³/mol. The van der Waals surface area contributed by atoms with Crippen molar-refractivity contribution in [1.29, 1.82) is 0 Å². The molecule has 0 radical (unpaired) electrons. The number of rotatable bonds is 7. The monoisotopic (exact) mass is 475 g/mol. The number of methoxy groups -OCH3 is 2. The molecular weight excluding hydrogens is 442 g/mol. The van der Waals surface area contributed by atoms with Crippen molar-refractivity contribution in [3.05, 3.63) is 82.7 Å². The van der Waals surface area contributed by atoms with Gasteiger partial charge in [-0.25, -0.2) is 4.79 Å². The highest BCUT2D eigenvalue weighted by Gasteiger charge is 2.47. The van der Waals surface area contributed by atoms with Gasteiger partial charge in [0, 0.05) is 35.7 Å². The molecule has 0 aromatic heterocycles. The summed E-state index contributed by atoms with van der Waals surface area (Å²) in [5, 5.41) is 3.36. The van der Waals surface area contributed by atoms with Crippen molar-refractivity contribution < 1.29 is 23.8 Å². The van der Waals surface area contributed by atoms with Crippen molar-refractivity contribution in [2.24, 2.45) is 11.3 Å². The van der Waals surface area contributed by atoms with Crippen LogP contribution in [-0.4, -0.2) is 32.6 Å². The van der Waals surface area contributed by atoms with E-state index in [0.29, 0.717) is 35.6 Å². The Balaban J connectivity index is 1.76. The average Bonchev–Trinajstić information content (AvgIpc) is 2.82. The molecule has 2 unspecified atom stereocenters. The van der Waals surface area contributed by atoms with Crippen molar-refractivity contribution in [3.8, 4) is 11.5 Å². The van der Waals surface area contributed by atoms with Gasteiger partial charge in [0.2, 0.25) is 0 Å². The SMILES string of the molecule is COc1ccc(OC)c(C2C(C(=O)OCCc3ccccc3)=C(C)NC3=CC(C)(C)CC(=O)C32)c1. The Morgan fingerprint density at radius 3 is 2.49 bits per heavy atom. The first-order valence-electron chi connectivity index (χ1n) is 11.9. The molecule has 2 atom stereocenters. The van der Waals surface area contributed by atoms with Gasteiger partial charge < -0.3 is 19.5 Å². The third kappa shape index (κ3) is 5.11. The second kappa shape index (κ2) is 9.98. The first kappa shape index (κ1) is 24.6. The number of carbonyl (C=O) groups is 2. The summed E-state index contributed by atoms with van der Waals surface area (Å²) in [5.41, 5.74) is 3.49. The second-order valence-electron chi connectivity index (χ2n) is 9.83. The maximum atomic E-state index is 13.5. The van der Waals surface area contributed by atoms with Gasteiger partial charge in [-0.1, -0.05) is 50.3 Å². The van der Waals surface area contributed by atoms with E-state index < -0.39 is 17.8 Å². The van der Waals surface area contributed by atoms with E-state index in [1.165, 1.54) is 0 Å². The van der Waals surface area contributed by atoms with Gasteiger partial charge >= 0.3 is 5.97 Å². The average molecular weight is 476 g/mol. The third-order valence-electron chi connectivity index (χ3n) is 6.70. The zero-order valence-electron chi connectivity index (χ0n) is 21.0. The maximum absolute atomic E-state index is 13.5. The molecule has 184 valence electrons. The zero-order chi connectivity index (χ0) is 25.2. The standard InChI is InChI=1S/C29H33NO5/c1-18-25(28(32)35-14-13-19-9-7-6-8-10-19)26(21-15-20(33-4)11-12-24(21)34-5)27-22(30-18)16-29(2,3)17-23(27)31/h6-12,15-16,26-27,30H,13-14,17H2,1-5H3. The molecule has 1 aliphatic carbocycles. The molecule has 1 N–H and O–H groups in total. The van der Waals surface area contributed by atoms with E-state index in [1.807, 2.05) is 63.2 Å². The van der Waals surface area contributed by atoms with Crippen LogP contribution >= 0.6 is 0 Å². The van der Waals surface area contributed by atoms with Crippen LogP contribution in [0.5, 0.6) is 11.5 Å². The van der Waals surface area contributed by atoms with Crippen LogP contribution in [0, 0.1) is 11.3 Å². The van der Waals surface area contributed by atoms with Crippen molar-refractivity contribution in [1.82, 2.24) is 5.32 Å². The number of hydrogen-bond acceptors (Lipinski definition) is 6. The fraction of sp³-hybridized carbons (Fsp3) is 0.379. The molecular formula is C29H33NO5. The molecule has 2 aliphatic rings. The molecule has 6 nitrogen and oxygen atoms in total. The van der Waals surface area contributed by atoms with Crippen LogP contribution in [0.4, 0.5) is 0 Å². The summed E-state index contributed by atoms with van der Waals surface area (Å²) >= 11 is 0. The molecule has 6 heteroatoms. The van der Waals surface area contributed by atoms with Crippen LogP contribution < -0.4 is 14.8 Å². The van der Waals surface area contributed by atoms with Gasteiger partial charge in [-0.05, 0) is 36.1 Å². The molecule has 0 fully saturated rings. The Morgan fingerprint density at radius 2 is 1.80 bits per heavy atom. The first-order valence-corrected chi connectivity index (χ1v) is 11.9. The number of hydrogen-bond donors (Lipinski definition) is 1. The molecule has 0 spiro atoms. The van der Waals surface area contributed by atoms with Crippen molar-refractivity contribution in [2.75, 3.05) is 20.8 Å². The molecule has 2 aromatic rings. The van der Waals surface area contributed by atoms with Crippen LogP contribution in [0.1, 0.15) is 44.2 Å². The summed E-state index contributed by atoms with van der Waals surface area (Å²) in [7, 11) is 3.18. The van der Waals surface area contributed by atoms with E-state index in [2.05, 4.69) is 11.4 Å². The van der Waals surface area contributed by atoms with E-state index >= 15 is 0 Å². The van der Waals surface area contributed by atoms with E-state index in [4.69, 9.17) is 14.2 Å². The van der Waals surface area contributed by atoms with Crippen LogP contribution in [0.25, 0.3) is 0 Å². The van der Waals surface area contributed by atoms with E-state index in [-0.39, 0.29) is 17.8 Å². The highest BCUT2D eigenvalue weighted by atomic mass is 16.5. The van der Waals surface area contributed by atoms with Gasteiger partial charge in [-0.3, -0.25) is 4.79 Å². The van der Waals surface area contributed by atoms with Crippen molar-refractivity contribution in [2.45, 2.75) is 39.5 Å². The number of benzene rings is 2. The fourth-order valence-corrected chi connectivity index (χ4v) is 5.14. The van der Waals surface area contributed by atoms with Crippen LogP contribution in [-0.2, 0) is 20.7 Å².